The minimum atomic E-state index is 0.223. The molecule has 3 heteroatoms. The molecule has 3 nitrogen and oxygen atoms in total. The molecule has 0 saturated carbocycles. The zero-order valence-electron chi connectivity index (χ0n) is 12.9. The molecule has 1 aliphatic heterocycles. The van der Waals surface area contributed by atoms with Crippen molar-refractivity contribution in [3.63, 3.8) is 0 Å². The number of para-hydroxylation sites is 1. The van der Waals surface area contributed by atoms with E-state index in [-0.39, 0.29) is 6.04 Å². The summed E-state index contributed by atoms with van der Waals surface area (Å²) in [6, 6.07) is 15.2. The van der Waals surface area contributed by atoms with Gasteiger partial charge in [0.1, 0.15) is 5.75 Å². The molecule has 0 saturated heterocycles. The van der Waals surface area contributed by atoms with Crippen LogP contribution in [0.15, 0.2) is 42.5 Å². The van der Waals surface area contributed by atoms with Gasteiger partial charge in [0.2, 0.25) is 0 Å². The Labute approximate surface area is 130 Å². The highest BCUT2D eigenvalue weighted by molar-refractivity contribution is 5.85. The Bertz CT molecular complexity index is 835. The molecule has 22 heavy (non-hydrogen) atoms. The van der Waals surface area contributed by atoms with Crippen LogP contribution in [-0.2, 0) is 6.42 Å². The Morgan fingerprint density at radius 1 is 1.14 bits per heavy atom. The number of methoxy groups -OCH3 is 1. The molecule has 0 aliphatic carbocycles. The first kappa shape index (κ1) is 13.4. The first-order valence-electron chi connectivity index (χ1n) is 7.75. The second-order valence-electron chi connectivity index (χ2n) is 5.93. The predicted octanol–water partition coefficient (Wildman–Crippen LogP) is 3.72. The molecule has 2 N–H and O–H groups in total. The average molecular weight is 292 g/mol. The van der Waals surface area contributed by atoms with Gasteiger partial charge in [0.15, 0.2) is 0 Å². The lowest BCUT2D eigenvalue weighted by molar-refractivity contribution is 0.411. The topological polar surface area (TPSA) is 37.0 Å². The standard InChI is InChI=1S/C19H20N2O/c1-12-11-13(7-8-17(12)22-2)18-19-15(9-10-20-18)14-5-3-4-6-16(14)21-19/h3-8,11,18,20-21H,9-10H2,1-2H3/t18-/m1/s1. The van der Waals surface area contributed by atoms with Crippen LogP contribution in [0.25, 0.3) is 10.9 Å². The van der Waals surface area contributed by atoms with E-state index in [1.54, 1.807) is 7.11 Å². The number of aromatic nitrogens is 1. The van der Waals surface area contributed by atoms with Gasteiger partial charge in [-0.15, -0.1) is 0 Å². The number of aryl methyl sites for hydroxylation is 1. The van der Waals surface area contributed by atoms with Gasteiger partial charge in [-0.3, -0.25) is 0 Å². The lowest BCUT2D eigenvalue weighted by atomic mass is 9.93. The zero-order chi connectivity index (χ0) is 15.1. The molecule has 0 unspecified atom stereocenters. The summed E-state index contributed by atoms with van der Waals surface area (Å²) in [7, 11) is 1.72. The lowest BCUT2D eigenvalue weighted by Gasteiger charge is -2.25. The Hall–Kier alpha value is -2.26. The normalized spacial score (nSPS) is 17.5. The molecule has 112 valence electrons. The van der Waals surface area contributed by atoms with Crippen LogP contribution in [0.4, 0.5) is 0 Å². The summed E-state index contributed by atoms with van der Waals surface area (Å²) in [5.41, 5.74) is 6.44. The number of H-pyrrole nitrogens is 1. The molecule has 1 aliphatic rings. The van der Waals surface area contributed by atoms with Gasteiger partial charge < -0.3 is 15.0 Å². The van der Waals surface area contributed by atoms with Crippen LogP contribution < -0.4 is 10.1 Å². The largest absolute Gasteiger partial charge is 0.496 e. The summed E-state index contributed by atoms with van der Waals surface area (Å²) in [6.45, 7) is 3.10. The molecule has 2 aromatic carbocycles. The maximum absolute atomic E-state index is 5.38. The molecular weight excluding hydrogens is 272 g/mol. The SMILES string of the molecule is COc1ccc([C@H]2NCCc3c2[nH]c2ccccc32)cc1C. The third-order valence-corrected chi connectivity index (χ3v) is 4.61. The highest BCUT2D eigenvalue weighted by Gasteiger charge is 2.25. The van der Waals surface area contributed by atoms with Crippen molar-refractivity contribution in [3.05, 3.63) is 64.8 Å². The maximum atomic E-state index is 5.38. The van der Waals surface area contributed by atoms with Crippen LogP contribution in [-0.4, -0.2) is 18.6 Å². The molecule has 0 spiro atoms. The molecule has 3 aromatic rings. The predicted molar refractivity (Wildman–Crippen MR) is 89.6 cm³/mol. The van der Waals surface area contributed by atoms with Gasteiger partial charge in [0.05, 0.1) is 13.2 Å². The van der Waals surface area contributed by atoms with Gasteiger partial charge in [-0.25, -0.2) is 0 Å². The third kappa shape index (κ3) is 2.01. The molecule has 2 heterocycles. The number of rotatable bonds is 2. The quantitative estimate of drug-likeness (QED) is 0.755. The summed E-state index contributed by atoms with van der Waals surface area (Å²) in [5, 5.41) is 5.00. The third-order valence-electron chi connectivity index (χ3n) is 4.61. The van der Waals surface area contributed by atoms with E-state index in [4.69, 9.17) is 4.74 Å². The van der Waals surface area contributed by atoms with Gasteiger partial charge >= 0.3 is 0 Å². The first-order chi connectivity index (χ1) is 10.8. The van der Waals surface area contributed by atoms with Gasteiger partial charge in [-0.1, -0.05) is 30.3 Å². The van der Waals surface area contributed by atoms with Crippen molar-refractivity contribution in [1.29, 1.82) is 0 Å². The van der Waals surface area contributed by atoms with Gasteiger partial charge in [-0.05, 0) is 42.2 Å². The van der Waals surface area contributed by atoms with Crippen LogP contribution in [0.5, 0.6) is 5.75 Å². The van der Waals surface area contributed by atoms with Crippen LogP contribution in [0.2, 0.25) is 0 Å². The van der Waals surface area contributed by atoms with Crippen molar-refractivity contribution in [2.75, 3.05) is 13.7 Å². The van der Waals surface area contributed by atoms with E-state index in [9.17, 15) is 0 Å². The molecule has 4 rings (SSSR count). The molecule has 0 amide bonds. The van der Waals surface area contributed by atoms with E-state index in [0.717, 1.165) is 18.7 Å². The zero-order valence-corrected chi connectivity index (χ0v) is 12.9. The summed E-state index contributed by atoms with van der Waals surface area (Å²) in [5.74, 6) is 0.941. The number of nitrogens with one attached hydrogen (secondary N) is 2. The highest BCUT2D eigenvalue weighted by Crippen LogP contribution is 2.34. The fourth-order valence-electron chi connectivity index (χ4n) is 3.55. The number of fused-ring (bicyclic) bond motifs is 3. The fourth-order valence-corrected chi connectivity index (χ4v) is 3.55. The number of aromatic amines is 1. The number of benzene rings is 2. The van der Waals surface area contributed by atoms with E-state index in [1.807, 2.05) is 0 Å². The molecule has 1 atom stereocenters. The highest BCUT2D eigenvalue weighted by atomic mass is 16.5. The molecule has 0 radical (unpaired) electrons. The van der Waals surface area contributed by atoms with E-state index < -0.39 is 0 Å². The summed E-state index contributed by atoms with van der Waals surface area (Å²) < 4.78 is 5.38. The summed E-state index contributed by atoms with van der Waals surface area (Å²) in [4.78, 5) is 3.62. The van der Waals surface area contributed by atoms with Crippen molar-refractivity contribution in [1.82, 2.24) is 10.3 Å². The van der Waals surface area contributed by atoms with Crippen LogP contribution in [0.3, 0.4) is 0 Å². The second kappa shape index (κ2) is 5.18. The Kier molecular flexibility index (Phi) is 3.16. The van der Waals surface area contributed by atoms with E-state index >= 15 is 0 Å². The maximum Gasteiger partial charge on any atom is 0.121 e. The Morgan fingerprint density at radius 2 is 2.00 bits per heavy atom. The van der Waals surface area contributed by atoms with Crippen molar-refractivity contribution >= 4 is 10.9 Å². The molecule has 1 aromatic heterocycles. The van der Waals surface area contributed by atoms with Crippen molar-refractivity contribution in [2.24, 2.45) is 0 Å². The number of hydrogen-bond acceptors (Lipinski definition) is 2. The minimum absolute atomic E-state index is 0.223. The minimum Gasteiger partial charge on any atom is -0.496 e. The number of ether oxygens (including phenoxy) is 1. The van der Waals surface area contributed by atoms with Crippen LogP contribution in [0, 0.1) is 6.92 Å². The Morgan fingerprint density at radius 3 is 2.82 bits per heavy atom. The molecule has 0 fully saturated rings. The second-order valence-corrected chi connectivity index (χ2v) is 5.93. The van der Waals surface area contributed by atoms with E-state index in [0.29, 0.717) is 0 Å². The lowest BCUT2D eigenvalue weighted by Crippen LogP contribution is -2.30. The van der Waals surface area contributed by atoms with E-state index in [1.165, 1.54) is 33.3 Å². The van der Waals surface area contributed by atoms with Gasteiger partial charge in [-0.2, -0.15) is 0 Å². The smallest absolute Gasteiger partial charge is 0.121 e. The van der Waals surface area contributed by atoms with Gasteiger partial charge in [0, 0.05) is 23.1 Å². The van der Waals surface area contributed by atoms with Crippen LogP contribution >= 0.6 is 0 Å². The van der Waals surface area contributed by atoms with E-state index in [2.05, 4.69) is 59.7 Å². The fraction of sp³-hybridized carbons (Fsp3) is 0.263. The molecular formula is C19H20N2O. The average Bonchev–Trinajstić information content (AvgIpc) is 2.93. The van der Waals surface area contributed by atoms with Crippen molar-refractivity contribution in [2.45, 2.75) is 19.4 Å². The molecule has 0 bridgehead atoms. The van der Waals surface area contributed by atoms with Crippen molar-refractivity contribution < 1.29 is 4.74 Å². The monoisotopic (exact) mass is 292 g/mol. The van der Waals surface area contributed by atoms with Gasteiger partial charge in [0.25, 0.3) is 0 Å². The van der Waals surface area contributed by atoms with Crippen LogP contribution in [0.1, 0.15) is 28.4 Å². The first-order valence-corrected chi connectivity index (χ1v) is 7.75. The number of hydrogen-bond donors (Lipinski definition) is 2. The van der Waals surface area contributed by atoms with Crippen molar-refractivity contribution in [3.8, 4) is 5.75 Å². The summed E-state index contributed by atoms with van der Waals surface area (Å²) in [6.07, 6.45) is 1.07. The summed E-state index contributed by atoms with van der Waals surface area (Å²) >= 11 is 0. The Balaban J connectivity index is 1.84.